The summed E-state index contributed by atoms with van der Waals surface area (Å²) >= 11 is 0. The number of piperidine rings is 1. The van der Waals surface area contributed by atoms with Crippen LogP contribution in [-0.2, 0) is 0 Å². The molecule has 3 aromatic heterocycles. The fourth-order valence-electron chi connectivity index (χ4n) is 4.53. The van der Waals surface area contributed by atoms with E-state index in [0.29, 0.717) is 0 Å². The van der Waals surface area contributed by atoms with Crippen molar-refractivity contribution in [3.8, 4) is 11.3 Å². The molecular formula is C20H24N6. The van der Waals surface area contributed by atoms with Crippen molar-refractivity contribution >= 4 is 22.7 Å². The van der Waals surface area contributed by atoms with Gasteiger partial charge in [-0.05, 0) is 49.3 Å². The fraction of sp³-hybridized carbons (Fsp3) is 0.450. The molecule has 1 aliphatic heterocycles. The molecule has 1 N–H and O–H groups in total. The summed E-state index contributed by atoms with van der Waals surface area (Å²) < 4.78 is 0. The molecule has 2 aliphatic rings. The van der Waals surface area contributed by atoms with Gasteiger partial charge in [-0.15, -0.1) is 0 Å². The van der Waals surface area contributed by atoms with E-state index in [9.17, 15) is 0 Å². The molecule has 0 spiro atoms. The molecule has 2 bridgehead atoms. The van der Waals surface area contributed by atoms with Crippen molar-refractivity contribution in [2.75, 3.05) is 37.0 Å². The van der Waals surface area contributed by atoms with Crippen molar-refractivity contribution in [2.24, 2.45) is 11.8 Å². The van der Waals surface area contributed by atoms with Gasteiger partial charge in [-0.3, -0.25) is 0 Å². The van der Waals surface area contributed by atoms with Crippen LogP contribution in [0.3, 0.4) is 0 Å². The maximum absolute atomic E-state index is 4.64. The molecule has 0 radical (unpaired) electrons. The van der Waals surface area contributed by atoms with Crippen molar-refractivity contribution in [2.45, 2.75) is 19.3 Å². The lowest BCUT2D eigenvalue weighted by molar-refractivity contribution is 0.420. The number of fused-ring (bicyclic) bond motifs is 3. The van der Waals surface area contributed by atoms with E-state index in [-0.39, 0.29) is 0 Å². The summed E-state index contributed by atoms with van der Waals surface area (Å²) in [5.74, 6) is 3.70. The Kier molecular flexibility index (Phi) is 3.58. The minimum Gasteiger partial charge on any atom is -0.363 e. The van der Waals surface area contributed by atoms with Crippen LogP contribution in [0.4, 0.5) is 11.6 Å². The van der Waals surface area contributed by atoms with E-state index >= 15 is 0 Å². The Morgan fingerprint density at radius 2 is 1.88 bits per heavy atom. The van der Waals surface area contributed by atoms with Gasteiger partial charge in [0.15, 0.2) is 0 Å². The van der Waals surface area contributed by atoms with E-state index in [1.165, 1.54) is 19.3 Å². The summed E-state index contributed by atoms with van der Waals surface area (Å²) in [4.78, 5) is 21.6. The van der Waals surface area contributed by atoms with E-state index in [4.69, 9.17) is 0 Å². The van der Waals surface area contributed by atoms with E-state index < -0.39 is 0 Å². The summed E-state index contributed by atoms with van der Waals surface area (Å²) in [7, 11) is 4.00. The molecule has 0 aromatic carbocycles. The maximum atomic E-state index is 4.64. The lowest BCUT2D eigenvalue weighted by atomic mass is 9.99. The zero-order valence-electron chi connectivity index (χ0n) is 15.3. The van der Waals surface area contributed by atoms with E-state index in [1.807, 2.05) is 31.3 Å². The monoisotopic (exact) mass is 348 g/mol. The highest BCUT2D eigenvalue weighted by Gasteiger charge is 2.34. The van der Waals surface area contributed by atoms with Crippen molar-refractivity contribution in [3.05, 3.63) is 30.7 Å². The molecule has 2 atom stereocenters. The minimum atomic E-state index is 0.833. The largest absolute Gasteiger partial charge is 0.363 e. The van der Waals surface area contributed by atoms with Gasteiger partial charge in [-0.25, -0.2) is 15.0 Å². The molecule has 5 rings (SSSR count). The average molecular weight is 348 g/mol. The van der Waals surface area contributed by atoms with Crippen LogP contribution in [0.5, 0.6) is 0 Å². The normalized spacial score (nSPS) is 22.2. The van der Waals surface area contributed by atoms with Gasteiger partial charge in [-0.1, -0.05) is 0 Å². The first-order valence-corrected chi connectivity index (χ1v) is 9.40. The number of hydrogen-bond donors (Lipinski definition) is 1. The van der Waals surface area contributed by atoms with Crippen molar-refractivity contribution in [3.63, 3.8) is 0 Å². The smallest absolute Gasteiger partial charge is 0.143 e. The summed E-state index contributed by atoms with van der Waals surface area (Å²) in [6, 6.07) is 6.31. The highest BCUT2D eigenvalue weighted by molar-refractivity contribution is 5.92. The van der Waals surface area contributed by atoms with Crippen LogP contribution in [0.1, 0.15) is 19.3 Å². The minimum absolute atomic E-state index is 0.833. The fourth-order valence-corrected chi connectivity index (χ4v) is 4.53. The molecule has 3 aromatic rings. The van der Waals surface area contributed by atoms with Crippen molar-refractivity contribution in [1.82, 2.24) is 19.9 Å². The number of H-pyrrole nitrogens is 1. The summed E-state index contributed by atoms with van der Waals surface area (Å²) in [6.45, 7) is 2.25. The molecule has 26 heavy (non-hydrogen) atoms. The second-order valence-corrected chi connectivity index (χ2v) is 7.89. The number of pyridine rings is 1. The van der Waals surface area contributed by atoms with E-state index in [2.05, 4.69) is 37.0 Å². The van der Waals surface area contributed by atoms with Gasteiger partial charge < -0.3 is 14.8 Å². The Labute approximate surface area is 153 Å². The number of hydrogen-bond acceptors (Lipinski definition) is 5. The highest BCUT2D eigenvalue weighted by atomic mass is 15.2. The Bertz CT molecular complexity index is 917. The molecule has 4 heterocycles. The van der Waals surface area contributed by atoms with Gasteiger partial charge >= 0.3 is 0 Å². The Morgan fingerprint density at radius 3 is 2.58 bits per heavy atom. The third-order valence-electron chi connectivity index (χ3n) is 5.83. The predicted octanol–water partition coefficient (Wildman–Crippen LogP) is 3.32. The first-order valence-electron chi connectivity index (χ1n) is 9.40. The molecule has 2 unspecified atom stereocenters. The first-order chi connectivity index (χ1) is 12.7. The molecule has 1 saturated heterocycles. The average Bonchev–Trinajstić information content (AvgIpc) is 3.24. The summed E-state index contributed by atoms with van der Waals surface area (Å²) in [5, 5.41) is 1.11. The Morgan fingerprint density at radius 1 is 1.08 bits per heavy atom. The van der Waals surface area contributed by atoms with Crippen LogP contribution in [0.2, 0.25) is 0 Å². The van der Waals surface area contributed by atoms with Crippen LogP contribution in [0, 0.1) is 11.8 Å². The van der Waals surface area contributed by atoms with Crippen molar-refractivity contribution in [1.29, 1.82) is 0 Å². The van der Waals surface area contributed by atoms with Gasteiger partial charge in [0.1, 0.15) is 23.6 Å². The van der Waals surface area contributed by atoms with Gasteiger partial charge in [0.25, 0.3) is 0 Å². The molecule has 134 valence electrons. The summed E-state index contributed by atoms with van der Waals surface area (Å²) in [6.07, 6.45) is 7.73. The second-order valence-electron chi connectivity index (χ2n) is 7.89. The van der Waals surface area contributed by atoms with Crippen LogP contribution >= 0.6 is 0 Å². The Balaban J connectivity index is 1.51. The van der Waals surface area contributed by atoms with Crippen LogP contribution < -0.4 is 9.80 Å². The maximum Gasteiger partial charge on any atom is 0.143 e. The molecule has 0 amide bonds. The number of nitrogens with zero attached hydrogens (tertiary/aromatic N) is 5. The van der Waals surface area contributed by atoms with Gasteiger partial charge in [0, 0.05) is 44.6 Å². The number of aromatic nitrogens is 4. The molecule has 6 heteroatoms. The SMILES string of the molecule is CN(C)c1ccc(-c2cc3c(N4CC5CCC(C5)C4)ncnc3[nH]2)cn1. The molecule has 1 saturated carbocycles. The van der Waals surface area contributed by atoms with Gasteiger partial charge in [-0.2, -0.15) is 0 Å². The van der Waals surface area contributed by atoms with Gasteiger partial charge in [0.05, 0.1) is 5.39 Å². The van der Waals surface area contributed by atoms with Crippen LogP contribution in [-0.4, -0.2) is 47.1 Å². The zero-order valence-corrected chi connectivity index (χ0v) is 15.3. The van der Waals surface area contributed by atoms with Crippen molar-refractivity contribution < 1.29 is 0 Å². The summed E-state index contributed by atoms with van der Waals surface area (Å²) in [5.41, 5.74) is 3.01. The van der Waals surface area contributed by atoms with Gasteiger partial charge in [0.2, 0.25) is 0 Å². The molecule has 2 fully saturated rings. The molecule has 1 aliphatic carbocycles. The predicted molar refractivity (Wildman–Crippen MR) is 104 cm³/mol. The molecule has 6 nitrogen and oxygen atoms in total. The second kappa shape index (κ2) is 5.97. The highest BCUT2D eigenvalue weighted by Crippen LogP contribution is 2.39. The first kappa shape index (κ1) is 15.6. The number of rotatable bonds is 3. The number of anilines is 2. The zero-order chi connectivity index (χ0) is 17.7. The van der Waals surface area contributed by atoms with Crippen LogP contribution in [0.25, 0.3) is 22.3 Å². The topological polar surface area (TPSA) is 60.9 Å². The van der Waals surface area contributed by atoms with E-state index in [1.54, 1.807) is 6.33 Å². The number of aromatic amines is 1. The number of nitrogens with one attached hydrogen (secondary N) is 1. The lowest BCUT2D eigenvalue weighted by Crippen LogP contribution is -2.37. The molecular weight excluding hydrogens is 324 g/mol. The van der Waals surface area contributed by atoms with E-state index in [0.717, 1.165) is 58.9 Å². The lowest BCUT2D eigenvalue weighted by Gasteiger charge is -2.32. The quantitative estimate of drug-likeness (QED) is 0.787. The standard InChI is InChI=1S/C20H24N6/c1-25(2)18-6-5-15(9-21-18)17-8-16-19(24-17)22-12-23-20(16)26-10-13-3-4-14(7-13)11-26/h5-6,8-9,12-14H,3-4,7,10-11H2,1-2H3,(H,22,23,24). The third kappa shape index (κ3) is 2.60. The van der Waals surface area contributed by atoms with Crippen LogP contribution in [0.15, 0.2) is 30.7 Å². The Hall–Kier alpha value is -2.63. The third-order valence-corrected chi connectivity index (χ3v) is 5.83.